The molecule has 0 saturated heterocycles. The molecular weight excluding hydrogens is 196 g/mol. The Morgan fingerprint density at radius 2 is 2.00 bits per heavy atom. The van der Waals surface area contributed by atoms with Crippen LogP contribution in [-0.4, -0.2) is 4.98 Å². The Morgan fingerprint density at radius 1 is 1.25 bits per heavy atom. The molecule has 1 aromatic carbocycles. The zero-order valence-electron chi connectivity index (χ0n) is 9.78. The van der Waals surface area contributed by atoms with Crippen molar-refractivity contribution in [3.8, 4) is 6.07 Å². The van der Waals surface area contributed by atoms with E-state index in [-0.39, 0.29) is 5.41 Å². The first kappa shape index (κ1) is 10.6. The lowest BCUT2D eigenvalue weighted by Gasteiger charge is -2.20. The van der Waals surface area contributed by atoms with E-state index in [4.69, 9.17) is 5.26 Å². The van der Waals surface area contributed by atoms with Gasteiger partial charge in [0.25, 0.3) is 0 Å². The first-order valence-electron chi connectivity index (χ1n) is 5.32. The van der Waals surface area contributed by atoms with Crippen LogP contribution in [0, 0.1) is 11.3 Å². The molecule has 0 radical (unpaired) electrons. The quantitative estimate of drug-likeness (QED) is 0.668. The third-order valence-corrected chi connectivity index (χ3v) is 2.66. The molecule has 0 unspecified atom stereocenters. The topological polar surface area (TPSA) is 36.7 Å². The number of hydrogen-bond acceptors (Lipinski definition) is 2. The van der Waals surface area contributed by atoms with Crippen molar-refractivity contribution in [1.82, 2.24) is 4.98 Å². The van der Waals surface area contributed by atoms with Crippen molar-refractivity contribution >= 4 is 10.9 Å². The average molecular weight is 210 g/mol. The minimum Gasteiger partial charge on any atom is -0.255 e. The molecule has 2 aromatic rings. The van der Waals surface area contributed by atoms with Crippen LogP contribution < -0.4 is 0 Å². The molecular formula is C14H14N2. The van der Waals surface area contributed by atoms with Gasteiger partial charge in [0.2, 0.25) is 0 Å². The minimum atomic E-state index is 0.0648. The van der Waals surface area contributed by atoms with Gasteiger partial charge in [-0.25, -0.2) is 0 Å². The number of pyridine rings is 1. The summed E-state index contributed by atoms with van der Waals surface area (Å²) < 4.78 is 0. The maximum atomic E-state index is 8.90. The highest BCUT2D eigenvalue weighted by Crippen LogP contribution is 2.29. The van der Waals surface area contributed by atoms with Crippen molar-refractivity contribution < 1.29 is 0 Å². The summed E-state index contributed by atoms with van der Waals surface area (Å²) in [5.74, 6) is 0. The van der Waals surface area contributed by atoms with Gasteiger partial charge in [-0.15, -0.1) is 0 Å². The van der Waals surface area contributed by atoms with Crippen LogP contribution in [0.3, 0.4) is 0 Å². The van der Waals surface area contributed by atoms with Gasteiger partial charge >= 0.3 is 0 Å². The Kier molecular flexibility index (Phi) is 2.40. The molecule has 0 aliphatic carbocycles. The average Bonchev–Trinajstić information content (AvgIpc) is 2.26. The number of nitriles is 1. The maximum absolute atomic E-state index is 8.90. The van der Waals surface area contributed by atoms with Gasteiger partial charge in [-0.1, -0.05) is 32.9 Å². The van der Waals surface area contributed by atoms with Gasteiger partial charge in [0.15, 0.2) is 0 Å². The van der Waals surface area contributed by atoms with Gasteiger partial charge < -0.3 is 0 Å². The minimum absolute atomic E-state index is 0.0648. The van der Waals surface area contributed by atoms with Crippen LogP contribution in [0.25, 0.3) is 10.9 Å². The van der Waals surface area contributed by atoms with Crippen LogP contribution in [0.5, 0.6) is 0 Å². The van der Waals surface area contributed by atoms with Crippen molar-refractivity contribution in [2.45, 2.75) is 26.2 Å². The van der Waals surface area contributed by atoms with Crippen molar-refractivity contribution in [3.05, 3.63) is 41.6 Å². The molecule has 0 amide bonds. The van der Waals surface area contributed by atoms with E-state index in [1.807, 2.05) is 18.2 Å². The van der Waals surface area contributed by atoms with E-state index in [9.17, 15) is 0 Å². The van der Waals surface area contributed by atoms with Gasteiger partial charge in [-0.05, 0) is 23.1 Å². The highest BCUT2D eigenvalue weighted by Gasteiger charge is 2.16. The standard InChI is InChI=1S/C14H14N2/c1-14(2,3)12-5-4-6-13-11(12)7-10(8-15)9-16-13/h4-7,9H,1-3H3. The van der Waals surface area contributed by atoms with Crippen LogP contribution in [0.2, 0.25) is 0 Å². The second-order valence-electron chi connectivity index (χ2n) is 4.96. The van der Waals surface area contributed by atoms with Gasteiger partial charge in [-0.3, -0.25) is 4.98 Å². The molecule has 0 aliphatic rings. The van der Waals surface area contributed by atoms with Crippen molar-refractivity contribution in [2.75, 3.05) is 0 Å². The van der Waals surface area contributed by atoms with Crippen molar-refractivity contribution in [2.24, 2.45) is 0 Å². The van der Waals surface area contributed by atoms with Crippen LogP contribution in [0.15, 0.2) is 30.5 Å². The molecule has 0 saturated carbocycles. The van der Waals surface area contributed by atoms with E-state index in [0.717, 1.165) is 10.9 Å². The van der Waals surface area contributed by atoms with E-state index >= 15 is 0 Å². The highest BCUT2D eigenvalue weighted by atomic mass is 14.7. The number of nitrogens with zero attached hydrogens (tertiary/aromatic N) is 2. The lowest BCUT2D eigenvalue weighted by Crippen LogP contribution is -2.11. The largest absolute Gasteiger partial charge is 0.255 e. The fourth-order valence-electron chi connectivity index (χ4n) is 1.86. The summed E-state index contributed by atoms with van der Waals surface area (Å²) in [6.07, 6.45) is 1.62. The Morgan fingerprint density at radius 3 is 2.62 bits per heavy atom. The molecule has 2 rings (SSSR count). The smallest absolute Gasteiger partial charge is 0.101 e. The highest BCUT2D eigenvalue weighted by molar-refractivity contribution is 5.84. The molecule has 0 atom stereocenters. The lowest BCUT2D eigenvalue weighted by molar-refractivity contribution is 0.596. The van der Waals surface area contributed by atoms with E-state index in [2.05, 4.69) is 37.9 Å². The van der Waals surface area contributed by atoms with E-state index in [0.29, 0.717) is 5.56 Å². The molecule has 0 fully saturated rings. The van der Waals surface area contributed by atoms with E-state index < -0.39 is 0 Å². The fraction of sp³-hybridized carbons (Fsp3) is 0.286. The summed E-state index contributed by atoms with van der Waals surface area (Å²) in [6, 6.07) is 10.2. The third-order valence-electron chi connectivity index (χ3n) is 2.66. The molecule has 16 heavy (non-hydrogen) atoms. The summed E-state index contributed by atoms with van der Waals surface area (Å²) in [5.41, 5.74) is 2.86. The normalized spacial score (nSPS) is 11.4. The Hall–Kier alpha value is -1.88. The van der Waals surface area contributed by atoms with Crippen LogP contribution in [0.1, 0.15) is 31.9 Å². The Labute approximate surface area is 95.6 Å². The van der Waals surface area contributed by atoms with Gasteiger partial charge in [0.05, 0.1) is 11.1 Å². The molecule has 0 bridgehead atoms. The molecule has 0 N–H and O–H groups in total. The molecule has 1 aromatic heterocycles. The fourth-order valence-corrected chi connectivity index (χ4v) is 1.86. The number of fused-ring (bicyclic) bond motifs is 1. The number of benzene rings is 1. The van der Waals surface area contributed by atoms with Crippen LogP contribution >= 0.6 is 0 Å². The maximum Gasteiger partial charge on any atom is 0.101 e. The monoisotopic (exact) mass is 210 g/mol. The lowest BCUT2D eigenvalue weighted by atomic mass is 9.84. The van der Waals surface area contributed by atoms with Gasteiger partial charge in [-0.2, -0.15) is 5.26 Å². The van der Waals surface area contributed by atoms with Crippen molar-refractivity contribution in [1.29, 1.82) is 5.26 Å². The first-order valence-corrected chi connectivity index (χ1v) is 5.32. The summed E-state index contributed by atoms with van der Waals surface area (Å²) in [4.78, 5) is 4.30. The molecule has 0 spiro atoms. The van der Waals surface area contributed by atoms with Crippen LogP contribution in [-0.2, 0) is 5.41 Å². The molecule has 0 aliphatic heterocycles. The summed E-state index contributed by atoms with van der Waals surface area (Å²) in [5, 5.41) is 9.98. The summed E-state index contributed by atoms with van der Waals surface area (Å²) >= 11 is 0. The van der Waals surface area contributed by atoms with E-state index in [1.54, 1.807) is 6.20 Å². The van der Waals surface area contributed by atoms with E-state index in [1.165, 1.54) is 5.56 Å². The van der Waals surface area contributed by atoms with Crippen LogP contribution in [0.4, 0.5) is 0 Å². The zero-order valence-corrected chi connectivity index (χ0v) is 9.78. The van der Waals surface area contributed by atoms with Gasteiger partial charge in [0.1, 0.15) is 6.07 Å². The molecule has 1 heterocycles. The number of rotatable bonds is 0. The number of hydrogen-bond donors (Lipinski definition) is 0. The first-order chi connectivity index (χ1) is 7.52. The summed E-state index contributed by atoms with van der Waals surface area (Å²) in [6.45, 7) is 6.50. The third kappa shape index (κ3) is 1.77. The van der Waals surface area contributed by atoms with Crippen molar-refractivity contribution in [3.63, 3.8) is 0 Å². The Balaban J connectivity index is 2.80. The summed E-state index contributed by atoms with van der Waals surface area (Å²) in [7, 11) is 0. The molecule has 80 valence electrons. The second kappa shape index (κ2) is 3.61. The predicted molar refractivity (Wildman–Crippen MR) is 65.2 cm³/mol. The predicted octanol–water partition coefficient (Wildman–Crippen LogP) is 3.40. The molecule has 2 nitrogen and oxygen atoms in total. The Bertz CT molecular complexity index is 571. The zero-order chi connectivity index (χ0) is 11.8. The van der Waals surface area contributed by atoms with Gasteiger partial charge in [0, 0.05) is 11.6 Å². The number of aromatic nitrogens is 1. The SMILES string of the molecule is CC(C)(C)c1cccc2ncc(C#N)cc12. The molecule has 2 heteroatoms. The second-order valence-corrected chi connectivity index (χ2v) is 4.96.